The highest BCUT2D eigenvalue weighted by Gasteiger charge is 2.03. The smallest absolute Gasteiger partial charge is 0.234 e. The molecule has 0 heterocycles. The van der Waals surface area contributed by atoms with Crippen LogP contribution in [0.25, 0.3) is 0 Å². The number of aryl methyl sites for hydroxylation is 2. The van der Waals surface area contributed by atoms with Crippen molar-refractivity contribution in [3.63, 3.8) is 0 Å². The topological polar surface area (TPSA) is 62.1 Å². The Morgan fingerprint density at radius 2 is 1.91 bits per heavy atom. The van der Waals surface area contributed by atoms with E-state index in [1.54, 1.807) is 0 Å². The number of nitrogens with zero attached hydrogens (tertiary/aromatic N) is 1. The number of nitrogens with one attached hydrogen (secondary N) is 1. The first-order valence-corrected chi connectivity index (χ1v) is 7.06. The molecule has 0 aliphatic rings. The Kier molecular flexibility index (Phi) is 5.16. The molecule has 0 fully saturated rings. The first-order chi connectivity index (χ1) is 10.6. The van der Waals surface area contributed by atoms with Crippen molar-refractivity contribution in [2.45, 2.75) is 26.8 Å². The first kappa shape index (κ1) is 15.6. The first-order valence-electron chi connectivity index (χ1n) is 7.06. The summed E-state index contributed by atoms with van der Waals surface area (Å²) in [7, 11) is 0. The van der Waals surface area contributed by atoms with Gasteiger partial charge in [0.15, 0.2) is 0 Å². The van der Waals surface area contributed by atoms with Crippen molar-refractivity contribution in [3.05, 3.63) is 59.2 Å². The van der Waals surface area contributed by atoms with Gasteiger partial charge < -0.3 is 10.1 Å². The highest BCUT2D eigenvalue weighted by molar-refractivity contribution is 5.77. The highest BCUT2D eigenvalue weighted by Crippen LogP contribution is 2.25. The molecule has 4 nitrogen and oxygen atoms in total. The van der Waals surface area contributed by atoms with E-state index >= 15 is 0 Å². The molecule has 0 aromatic heterocycles. The van der Waals surface area contributed by atoms with Crippen molar-refractivity contribution in [1.29, 1.82) is 5.26 Å². The number of amides is 1. The van der Waals surface area contributed by atoms with E-state index in [1.165, 1.54) is 5.56 Å². The van der Waals surface area contributed by atoms with Gasteiger partial charge in [0, 0.05) is 6.54 Å². The maximum absolute atomic E-state index is 11.2. The highest BCUT2D eigenvalue weighted by atomic mass is 16.5. The average molecular weight is 294 g/mol. The molecule has 2 aromatic rings. The summed E-state index contributed by atoms with van der Waals surface area (Å²) in [6.45, 7) is 4.47. The zero-order chi connectivity index (χ0) is 15.9. The van der Waals surface area contributed by atoms with E-state index in [4.69, 9.17) is 10.00 Å². The van der Waals surface area contributed by atoms with Crippen molar-refractivity contribution in [3.8, 4) is 17.6 Å². The van der Waals surface area contributed by atoms with Crippen molar-refractivity contribution in [2.75, 3.05) is 0 Å². The Bertz CT molecular complexity index is 700. The van der Waals surface area contributed by atoms with Gasteiger partial charge >= 0.3 is 0 Å². The maximum Gasteiger partial charge on any atom is 0.234 e. The van der Waals surface area contributed by atoms with Gasteiger partial charge in [-0.25, -0.2) is 0 Å². The Labute approximate surface area is 130 Å². The third-order valence-corrected chi connectivity index (χ3v) is 3.21. The van der Waals surface area contributed by atoms with Crippen LogP contribution < -0.4 is 10.1 Å². The largest absolute Gasteiger partial charge is 0.457 e. The van der Waals surface area contributed by atoms with Crippen LogP contribution in [0.3, 0.4) is 0 Å². The summed E-state index contributed by atoms with van der Waals surface area (Å²) < 4.78 is 5.85. The SMILES string of the molecule is Cc1ccc(Oc2ccc(CNC(=O)CC#N)cc2)c(C)c1. The molecular weight excluding hydrogens is 276 g/mol. The summed E-state index contributed by atoms with van der Waals surface area (Å²) in [6, 6.07) is 15.4. The van der Waals surface area contributed by atoms with Gasteiger partial charge in [0.2, 0.25) is 5.91 Å². The van der Waals surface area contributed by atoms with E-state index in [0.717, 1.165) is 22.6 Å². The van der Waals surface area contributed by atoms with Crippen molar-refractivity contribution in [1.82, 2.24) is 5.32 Å². The van der Waals surface area contributed by atoms with Crippen LogP contribution in [-0.4, -0.2) is 5.91 Å². The molecule has 112 valence electrons. The van der Waals surface area contributed by atoms with Crippen LogP contribution in [0.15, 0.2) is 42.5 Å². The van der Waals surface area contributed by atoms with Crippen LogP contribution in [0.1, 0.15) is 23.1 Å². The van der Waals surface area contributed by atoms with Gasteiger partial charge in [0.1, 0.15) is 17.9 Å². The van der Waals surface area contributed by atoms with Crippen LogP contribution in [-0.2, 0) is 11.3 Å². The molecule has 4 heteroatoms. The van der Waals surface area contributed by atoms with Crippen molar-refractivity contribution < 1.29 is 9.53 Å². The van der Waals surface area contributed by atoms with Gasteiger partial charge in [0.25, 0.3) is 0 Å². The van der Waals surface area contributed by atoms with E-state index in [0.29, 0.717) is 6.54 Å². The molecule has 1 N–H and O–H groups in total. The summed E-state index contributed by atoms with van der Waals surface area (Å²) in [5, 5.41) is 11.1. The number of hydrogen-bond acceptors (Lipinski definition) is 3. The molecule has 0 spiro atoms. The number of nitriles is 1. The number of ether oxygens (including phenoxy) is 1. The predicted molar refractivity (Wildman–Crippen MR) is 84.5 cm³/mol. The Hall–Kier alpha value is -2.80. The van der Waals surface area contributed by atoms with Gasteiger partial charge in [-0.3, -0.25) is 4.79 Å². The zero-order valence-corrected chi connectivity index (χ0v) is 12.7. The minimum atomic E-state index is -0.266. The van der Waals surface area contributed by atoms with Crippen LogP contribution in [0.2, 0.25) is 0 Å². The predicted octanol–water partition coefficient (Wildman–Crippen LogP) is 3.63. The Morgan fingerprint density at radius 3 is 2.55 bits per heavy atom. The maximum atomic E-state index is 11.2. The second kappa shape index (κ2) is 7.28. The zero-order valence-electron chi connectivity index (χ0n) is 12.7. The number of carbonyl (C=O) groups is 1. The van der Waals surface area contributed by atoms with Gasteiger partial charge in [-0.05, 0) is 43.2 Å². The molecule has 0 aliphatic heterocycles. The number of rotatable bonds is 5. The number of carbonyl (C=O) groups excluding carboxylic acids is 1. The summed E-state index contributed by atoms with van der Waals surface area (Å²) in [6.07, 6.45) is -0.117. The molecule has 2 rings (SSSR count). The lowest BCUT2D eigenvalue weighted by Crippen LogP contribution is -2.21. The average Bonchev–Trinajstić information content (AvgIpc) is 2.50. The molecule has 0 atom stereocenters. The summed E-state index contributed by atoms with van der Waals surface area (Å²) >= 11 is 0. The standard InChI is InChI=1S/C18H18N2O2/c1-13-3-8-17(14(2)11-13)22-16-6-4-15(5-7-16)12-20-18(21)9-10-19/h3-8,11H,9,12H2,1-2H3,(H,20,21). The van der Waals surface area contributed by atoms with Crippen molar-refractivity contribution in [2.24, 2.45) is 0 Å². The van der Waals surface area contributed by atoms with Crippen LogP contribution in [0.5, 0.6) is 11.5 Å². The molecule has 0 aliphatic carbocycles. The van der Waals surface area contributed by atoms with Crippen LogP contribution >= 0.6 is 0 Å². The lowest BCUT2D eigenvalue weighted by molar-refractivity contribution is -0.120. The van der Waals surface area contributed by atoms with Crippen LogP contribution in [0, 0.1) is 25.2 Å². The monoisotopic (exact) mass is 294 g/mol. The third kappa shape index (κ3) is 4.35. The van der Waals surface area contributed by atoms with Crippen molar-refractivity contribution >= 4 is 5.91 Å². The fourth-order valence-corrected chi connectivity index (χ4v) is 2.05. The second-order valence-electron chi connectivity index (χ2n) is 5.13. The van der Waals surface area contributed by atoms with Gasteiger partial charge in [-0.2, -0.15) is 5.26 Å². The number of benzene rings is 2. The Balaban J connectivity index is 1.97. The minimum Gasteiger partial charge on any atom is -0.457 e. The molecule has 0 unspecified atom stereocenters. The minimum absolute atomic E-state index is 0.117. The molecule has 2 aromatic carbocycles. The van der Waals surface area contributed by atoms with E-state index in [9.17, 15) is 4.79 Å². The summed E-state index contributed by atoms with van der Waals surface area (Å²) in [4.78, 5) is 11.2. The third-order valence-electron chi connectivity index (χ3n) is 3.21. The number of hydrogen-bond donors (Lipinski definition) is 1. The van der Waals surface area contributed by atoms with E-state index < -0.39 is 0 Å². The van der Waals surface area contributed by atoms with E-state index in [1.807, 2.05) is 56.3 Å². The summed E-state index contributed by atoms with van der Waals surface area (Å²) in [5.74, 6) is 1.32. The molecule has 0 saturated heterocycles. The van der Waals surface area contributed by atoms with Gasteiger partial charge in [0.05, 0.1) is 6.07 Å². The quantitative estimate of drug-likeness (QED) is 0.916. The normalized spacial score (nSPS) is 9.86. The molecule has 1 amide bonds. The van der Waals surface area contributed by atoms with Gasteiger partial charge in [-0.15, -0.1) is 0 Å². The van der Waals surface area contributed by atoms with E-state index in [2.05, 4.69) is 11.4 Å². The van der Waals surface area contributed by atoms with Gasteiger partial charge in [-0.1, -0.05) is 29.8 Å². The molecular formula is C18H18N2O2. The fraction of sp³-hybridized carbons (Fsp3) is 0.222. The lowest BCUT2D eigenvalue weighted by atomic mass is 10.1. The van der Waals surface area contributed by atoms with E-state index in [-0.39, 0.29) is 12.3 Å². The lowest BCUT2D eigenvalue weighted by Gasteiger charge is -2.10. The Morgan fingerprint density at radius 1 is 1.18 bits per heavy atom. The fourth-order valence-electron chi connectivity index (χ4n) is 2.05. The molecule has 0 radical (unpaired) electrons. The molecule has 0 saturated carbocycles. The molecule has 22 heavy (non-hydrogen) atoms. The molecule has 0 bridgehead atoms. The second-order valence-corrected chi connectivity index (χ2v) is 5.13. The van der Waals surface area contributed by atoms with Crippen LogP contribution in [0.4, 0.5) is 0 Å². The summed E-state index contributed by atoms with van der Waals surface area (Å²) in [5.41, 5.74) is 3.25.